The van der Waals surface area contributed by atoms with Gasteiger partial charge in [-0.05, 0) is 42.0 Å². The number of aliphatic imine (C=N–C) groups is 1. The molecule has 84 valence electrons. The Bertz CT molecular complexity index is 429. The van der Waals surface area contributed by atoms with Gasteiger partial charge >= 0.3 is 0 Å². The topological polar surface area (TPSA) is 29.4 Å². The van der Waals surface area contributed by atoms with Gasteiger partial charge in [0.2, 0.25) is 0 Å². The first kappa shape index (κ1) is 12.4. The van der Waals surface area contributed by atoms with Crippen LogP contribution in [0.5, 0.6) is 0 Å². The molecule has 1 aromatic rings. The maximum atomic E-state index is 11.5. The van der Waals surface area contributed by atoms with Crippen molar-refractivity contribution in [2.24, 2.45) is 4.99 Å². The van der Waals surface area contributed by atoms with Gasteiger partial charge in [0.05, 0.1) is 0 Å². The molecule has 2 heteroatoms. The molecular formula is C14H17NO. The lowest BCUT2D eigenvalue weighted by Gasteiger charge is -2.18. The highest BCUT2D eigenvalue weighted by Gasteiger charge is 2.13. The summed E-state index contributed by atoms with van der Waals surface area (Å²) in [6.07, 6.45) is 1.61. The second-order valence-corrected chi connectivity index (χ2v) is 4.66. The van der Waals surface area contributed by atoms with Gasteiger partial charge < -0.3 is 0 Å². The smallest absolute Gasteiger partial charge is 0.266 e. The third-order valence-corrected chi connectivity index (χ3v) is 2.29. The zero-order valence-corrected chi connectivity index (χ0v) is 10.2. The molecule has 0 aliphatic heterocycles. The normalized spacial score (nSPS) is 10.5. The summed E-state index contributed by atoms with van der Waals surface area (Å²) in [6, 6.07) is 7.56. The maximum Gasteiger partial charge on any atom is 0.285 e. The predicted octanol–water partition coefficient (Wildman–Crippen LogP) is 3.37. The highest BCUT2D eigenvalue weighted by molar-refractivity contribution is 5.98. The van der Waals surface area contributed by atoms with Gasteiger partial charge in [-0.15, -0.1) is 0 Å². The zero-order valence-electron chi connectivity index (χ0n) is 10.2. The largest absolute Gasteiger partial charge is 0.285 e. The number of benzene rings is 1. The van der Waals surface area contributed by atoms with Crippen LogP contribution >= 0.6 is 0 Å². The number of allylic oxidation sites excluding steroid dienone is 1. The van der Waals surface area contributed by atoms with Gasteiger partial charge in [-0.1, -0.05) is 32.9 Å². The van der Waals surface area contributed by atoms with Crippen molar-refractivity contribution in [1.29, 1.82) is 0 Å². The average molecular weight is 215 g/mol. The molecule has 0 spiro atoms. The minimum absolute atomic E-state index is 0.105. The molecule has 1 rings (SSSR count). The average Bonchev–Trinajstić information content (AvgIpc) is 2.25. The Morgan fingerprint density at radius 1 is 1.25 bits per heavy atom. The molecule has 0 radical (unpaired) electrons. The molecular weight excluding hydrogens is 198 g/mol. The molecule has 0 heterocycles. The van der Waals surface area contributed by atoms with Gasteiger partial charge in [0, 0.05) is 5.56 Å². The van der Waals surface area contributed by atoms with Crippen molar-refractivity contribution in [2.75, 3.05) is 0 Å². The van der Waals surface area contributed by atoms with Gasteiger partial charge in [-0.25, -0.2) is 0 Å². The number of carbonyl (C=O) groups is 1. The van der Waals surface area contributed by atoms with E-state index in [2.05, 4.69) is 31.6 Å². The lowest BCUT2D eigenvalue weighted by molar-refractivity contribution is 0.100. The summed E-state index contributed by atoms with van der Waals surface area (Å²) >= 11 is 0. The van der Waals surface area contributed by atoms with E-state index >= 15 is 0 Å². The number of amides is 1. The third-order valence-electron chi connectivity index (χ3n) is 2.29. The van der Waals surface area contributed by atoms with Crippen LogP contribution in [0.3, 0.4) is 0 Å². The minimum Gasteiger partial charge on any atom is -0.266 e. The van der Waals surface area contributed by atoms with Gasteiger partial charge in [-0.3, -0.25) is 4.79 Å². The van der Waals surface area contributed by atoms with E-state index in [1.807, 2.05) is 24.3 Å². The van der Waals surface area contributed by atoms with Crippen LogP contribution < -0.4 is 0 Å². The second-order valence-electron chi connectivity index (χ2n) is 4.66. The van der Waals surface area contributed by atoms with E-state index < -0.39 is 0 Å². The van der Waals surface area contributed by atoms with Gasteiger partial charge in [0.25, 0.3) is 5.91 Å². The fourth-order valence-electron chi connectivity index (χ4n) is 1.30. The summed E-state index contributed by atoms with van der Waals surface area (Å²) in [7, 11) is 0. The number of carbonyl (C=O) groups excluding carboxylic acids is 1. The van der Waals surface area contributed by atoms with Crippen molar-refractivity contribution in [3.8, 4) is 0 Å². The summed E-state index contributed by atoms with van der Waals surface area (Å²) in [5.41, 5.74) is 1.91. The Kier molecular flexibility index (Phi) is 3.81. The highest BCUT2D eigenvalue weighted by Crippen LogP contribution is 2.22. The molecule has 1 amide bonds. The van der Waals surface area contributed by atoms with E-state index in [0.29, 0.717) is 5.56 Å². The first-order chi connectivity index (χ1) is 7.45. The molecule has 0 aromatic heterocycles. The Hall–Kier alpha value is -1.66. The first-order valence-corrected chi connectivity index (χ1v) is 5.34. The van der Waals surface area contributed by atoms with E-state index in [1.54, 1.807) is 13.0 Å². The van der Waals surface area contributed by atoms with E-state index in [4.69, 9.17) is 0 Å². The van der Waals surface area contributed by atoms with E-state index in [9.17, 15) is 4.79 Å². The van der Waals surface area contributed by atoms with Crippen molar-refractivity contribution in [1.82, 2.24) is 0 Å². The molecule has 0 saturated heterocycles. The van der Waals surface area contributed by atoms with Crippen LogP contribution in [0.4, 0.5) is 0 Å². The molecule has 0 atom stereocenters. The van der Waals surface area contributed by atoms with Gasteiger partial charge in [-0.2, -0.15) is 4.99 Å². The van der Waals surface area contributed by atoms with Gasteiger partial charge in [0.15, 0.2) is 0 Å². The van der Waals surface area contributed by atoms with Crippen molar-refractivity contribution in [2.45, 2.75) is 33.1 Å². The molecule has 16 heavy (non-hydrogen) atoms. The van der Waals surface area contributed by atoms with Crippen LogP contribution in [0, 0.1) is 0 Å². The van der Waals surface area contributed by atoms with Crippen LogP contribution in [-0.2, 0) is 5.41 Å². The molecule has 0 N–H and O–H groups in total. The fourth-order valence-corrected chi connectivity index (χ4v) is 1.30. The van der Waals surface area contributed by atoms with Gasteiger partial charge in [0.1, 0.15) is 0 Å². The predicted molar refractivity (Wildman–Crippen MR) is 67.2 cm³/mol. The van der Waals surface area contributed by atoms with Crippen LogP contribution in [0.1, 0.15) is 43.6 Å². The zero-order chi connectivity index (χ0) is 12.2. The number of nitrogens with zero attached hydrogens (tertiary/aromatic N) is 1. The Balaban J connectivity index is 2.96. The third kappa shape index (κ3) is 3.18. The Morgan fingerprint density at radius 2 is 1.81 bits per heavy atom. The Morgan fingerprint density at radius 3 is 2.25 bits per heavy atom. The molecule has 1 aromatic carbocycles. The number of hydrogen-bond donors (Lipinski definition) is 0. The van der Waals surface area contributed by atoms with Crippen LogP contribution in [0.25, 0.3) is 0 Å². The van der Waals surface area contributed by atoms with Crippen LogP contribution in [0.15, 0.2) is 35.3 Å². The monoisotopic (exact) mass is 215 g/mol. The van der Waals surface area contributed by atoms with Crippen LogP contribution in [0.2, 0.25) is 0 Å². The van der Waals surface area contributed by atoms with Crippen LogP contribution in [-0.4, -0.2) is 11.8 Å². The number of rotatable bonds is 1. The highest BCUT2D eigenvalue weighted by atomic mass is 16.1. The summed E-state index contributed by atoms with van der Waals surface area (Å²) in [5, 5.41) is 0. The minimum atomic E-state index is -0.251. The lowest BCUT2D eigenvalue weighted by Crippen LogP contribution is -2.11. The molecule has 0 saturated carbocycles. The standard InChI is InChI=1S/C14H17NO/c1-5-10-15-13(16)11-6-8-12(9-7-11)14(2,3)4/h5-9H,1-4H3. The Labute approximate surface area is 96.7 Å². The van der Waals surface area contributed by atoms with E-state index in [0.717, 1.165) is 0 Å². The second kappa shape index (κ2) is 4.91. The first-order valence-electron chi connectivity index (χ1n) is 5.34. The summed E-state index contributed by atoms with van der Waals surface area (Å²) in [4.78, 5) is 15.2. The lowest BCUT2D eigenvalue weighted by atomic mass is 9.87. The maximum absolute atomic E-state index is 11.5. The van der Waals surface area contributed by atoms with Crippen molar-refractivity contribution in [3.05, 3.63) is 41.5 Å². The molecule has 0 aliphatic carbocycles. The number of hydrogen-bond acceptors (Lipinski definition) is 1. The molecule has 0 aliphatic rings. The van der Waals surface area contributed by atoms with Crippen molar-refractivity contribution >= 4 is 11.8 Å². The molecule has 0 fully saturated rings. The van der Waals surface area contributed by atoms with Crippen molar-refractivity contribution in [3.63, 3.8) is 0 Å². The summed E-state index contributed by atoms with van der Waals surface area (Å²) in [5.74, 6) is 2.29. The quantitative estimate of drug-likeness (QED) is 0.660. The molecule has 0 unspecified atom stereocenters. The molecule has 2 nitrogen and oxygen atoms in total. The van der Waals surface area contributed by atoms with E-state index in [1.165, 1.54) is 5.56 Å². The van der Waals surface area contributed by atoms with Crippen molar-refractivity contribution < 1.29 is 4.79 Å². The summed E-state index contributed by atoms with van der Waals surface area (Å²) < 4.78 is 0. The van der Waals surface area contributed by atoms with E-state index in [-0.39, 0.29) is 11.3 Å². The fraction of sp³-hybridized carbons (Fsp3) is 0.357. The SMILES string of the molecule is CC=C=NC(=O)c1ccc(C(C)(C)C)cc1. The summed E-state index contributed by atoms with van der Waals surface area (Å²) in [6.45, 7) is 8.20. The molecule has 0 bridgehead atoms.